The van der Waals surface area contributed by atoms with Crippen molar-refractivity contribution in [3.8, 4) is 5.75 Å². The van der Waals surface area contributed by atoms with Crippen LogP contribution < -0.4 is 15.8 Å². The molecule has 1 aliphatic rings. The first kappa shape index (κ1) is 24.2. The molecule has 0 radical (unpaired) electrons. The lowest BCUT2D eigenvalue weighted by atomic mass is 9.95. The minimum absolute atomic E-state index is 0.103. The summed E-state index contributed by atoms with van der Waals surface area (Å²) in [6.45, 7) is 7.30. The number of nitrogens with one attached hydrogen (secondary N) is 1. The zero-order valence-electron chi connectivity index (χ0n) is 19.6. The predicted octanol–water partition coefficient (Wildman–Crippen LogP) is 3.99. The molecule has 0 saturated heterocycles. The van der Waals surface area contributed by atoms with Crippen LogP contribution in [0.25, 0.3) is 5.52 Å². The number of nitrogens with two attached hydrogens (primary N) is 1. The van der Waals surface area contributed by atoms with Gasteiger partial charge < -0.3 is 20.9 Å². The number of nitrogen functional groups attached to an aromatic ring is 1. The van der Waals surface area contributed by atoms with Crippen molar-refractivity contribution in [2.45, 2.75) is 71.1 Å². The number of fused-ring (bicyclic) bond motifs is 1. The van der Waals surface area contributed by atoms with E-state index in [4.69, 9.17) is 22.1 Å². The number of anilines is 1. The number of imidazole rings is 1. The normalized spacial score (nSPS) is 19.1. The largest absolute Gasteiger partial charge is 0.490 e. The van der Waals surface area contributed by atoms with Crippen molar-refractivity contribution in [1.82, 2.24) is 19.7 Å². The molecule has 1 saturated carbocycles. The summed E-state index contributed by atoms with van der Waals surface area (Å²) in [6.07, 6.45) is 4.31. The summed E-state index contributed by atoms with van der Waals surface area (Å²) in [7, 11) is 0. The minimum Gasteiger partial charge on any atom is -0.490 e. The molecule has 34 heavy (non-hydrogen) atoms. The minimum atomic E-state index is -0.865. The summed E-state index contributed by atoms with van der Waals surface area (Å²) in [5, 5.41) is 12.7. The Morgan fingerprint density at radius 3 is 2.76 bits per heavy atom. The highest BCUT2D eigenvalue weighted by atomic mass is 35.5. The van der Waals surface area contributed by atoms with E-state index in [1.54, 1.807) is 26.2 Å². The van der Waals surface area contributed by atoms with Crippen molar-refractivity contribution in [3.05, 3.63) is 51.9 Å². The molecule has 0 spiro atoms. The fourth-order valence-corrected chi connectivity index (χ4v) is 4.79. The van der Waals surface area contributed by atoms with Gasteiger partial charge in [-0.05, 0) is 46.1 Å². The SMILES string of the molecule is Cc1nc(C(C)c2cc(Cl)c(F)c(C(=O)N[C@H]3CCC[C@H]3O)c2OC(C)C)n2ccnc(N)c12. The van der Waals surface area contributed by atoms with Crippen LogP contribution in [0.15, 0.2) is 18.5 Å². The summed E-state index contributed by atoms with van der Waals surface area (Å²) in [4.78, 5) is 22.1. The molecule has 1 unspecified atom stereocenters. The number of ether oxygens (including phenoxy) is 1. The molecule has 3 aromatic rings. The molecule has 4 N–H and O–H groups in total. The van der Waals surface area contributed by atoms with E-state index in [2.05, 4.69) is 15.3 Å². The van der Waals surface area contributed by atoms with Crippen LogP contribution in [-0.4, -0.2) is 43.6 Å². The lowest BCUT2D eigenvalue weighted by Crippen LogP contribution is -2.40. The fraction of sp³-hybridized carbons (Fsp3) is 0.458. The number of hydrogen-bond acceptors (Lipinski definition) is 6. The molecule has 0 bridgehead atoms. The van der Waals surface area contributed by atoms with Crippen LogP contribution in [0.2, 0.25) is 5.02 Å². The smallest absolute Gasteiger partial charge is 0.258 e. The Morgan fingerprint density at radius 2 is 2.12 bits per heavy atom. The Hall–Kier alpha value is -2.91. The number of halogens is 2. The third-order valence-corrected chi connectivity index (χ3v) is 6.49. The van der Waals surface area contributed by atoms with Gasteiger partial charge in [0, 0.05) is 23.9 Å². The standard InChI is InChI=1S/C24H29ClFN5O3/c1-11(2)34-21-14(12(3)23-29-13(4)20-22(27)28-8-9-31(20)23)10-15(25)19(26)18(21)24(33)30-16-6-5-7-17(16)32/h8-12,16-17,32H,5-7H2,1-4H3,(H2,27,28)(H,30,33)/t12?,16-,17+/m0/s1. The number of aliphatic hydroxyl groups excluding tert-OH is 1. The van der Waals surface area contributed by atoms with Gasteiger partial charge in [-0.15, -0.1) is 0 Å². The van der Waals surface area contributed by atoms with Gasteiger partial charge in [0.2, 0.25) is 0 Å². The average Bonchev–Trinajstić information content (AvgIpc) is 3.33. The molecule has 182 valence electrons. The fourth-order valence-electron chi connectivity index (χ4n) is 4.58. The Labute approximate surface area is 202 Å². The molecule has 0 aliphatic heterocycles. The van der Waals surface area contributed by atoms with E-state index in [0.29, 0.717) is 41.3 Å². The van der Waals surface area contributed by atoms with Crippen molar-refractivity contribution in [1.29, 1.82) is 0 Å². The lowest BCUT2D eigenvalue weighted by Gasteiger charge is -2.24. The second-order valence-electron chi connectivity index (χ2n) is 9.02. The van der Waals surface area contributed by atoms with Crippen LogP contribution in [0.1, 0.15) is 73.4 Å². The number of rotatable bonds is 6. The van der Waals surface area contributed by atoms with Crippen LogP contribution in [0.4, 0.5) is 10.2 Å². The summed E-state index contributed by atoms with van der Waals surface area (Å²) in [5.41, 5.74) is 7.67. The zero-order valence-corrected chi connectivity index (χ0v) is 20.4. The summed E-state index contributed by atoms with van der Waals surface area (Å²) in [5.74, 6) is -0.903. The second-order valence-corrected chi connectivity index (χ2v) is 9.43. The number of aliphatic hydroxyl groups is 1. The number of carbonyl (C=O) groups is 1. The zero-order chi connectivity index (χ0) is 24.7. The van der Waals surface area contributed by atoms with Crippen LogP contribution >= 0.6 is 11.6 Å². The van der Waals surface area contributed by atoms with Gasteiger partial charge in [-0.1, -0.05) is 18.5 Å². The van der Waals surface area contributed by atoms with Gasteiger partial charge in [0.15, 0.2) is 5.82 Å². The number of aromatic nitrogens is 3. The number of aryl methyl sites for hydroxylation is 1. The maximum atomic E-state index is 15.3. The molecule has 2 aromatic heterocycles. The number of nitrogens with zero attached hydrogens (tertiary/aromatic N) is 3. The summed E-state index contributed by atoms with van der Waals surface area (Å²) < 4.78 is 23.1. The molecule has 8 nitrogen and oxygen atoms in total. The molecule has 1 aromatic carbocycles. The van der Waals surface area contributed by atoms with E-state index in [9.17, 15) is 9.90 Å². The van der Waals surface area contributed by atoms with E-state index >= 15 is 4.39 Å². The van der Waals surface area contributed by atoms with Crippen LogP contribution in [-0.2, 0) is 0 Å². The Balaban J connectivity index is 1.86. The molecule has 4 rings (SSSR count). The van der Waals surface area contributed by atoms with Crippen molar-refractivity contribution in [2.24, 2.45) is 0 Å². The topological polar surface area (TPSA) is 115 Å². The van der Waals surface area contributed by atoms with Gasteiger partial charge >= 0.3 is 0 Å². The number of hydrogen-bond donors (Lipinski definition) is 3. The van der Waals surface area contributed by atoms with Crippen molar-refractivity contribution in [3.63, 3.8) is 0 Å². The maximum Gasteiger partial charge on any atom is 0.258 e. The quantitative estimate of drug-likeness (QED) is 0.482. The monoisotopic (exact) mass is 489 g/mol. The molecule has 2 heterocycles. The lowest BCUT2D eigenvalue weighted by molar-refractivity contribution is 0.0863. The second kappa shape index (κ2) is 9.38. The first-order valence-electron chi connectivity index (χ1n) is 11.4. The third kappa shape index (κ3) is 4.30. The molecule has 1 aliphatic carbocycles. The van der Waals surface area contributed by atoms with Gasteiger partial charge in [0.05, 0.1) is 29.0 Å². The highest BCUT2D eigenvalue weighted by Gasteiger charge is 2.33. The number of benzene rings is 1. The van der Waals surface area contributed by atoms with Crippen molar-refractivity contribution < 1.29 is 19.0 Å². The van der Waals surface area contributed by atoms with Gasteiger partial charge in [-0.25, -0.2) is 14.4 Å². The highest BCUT2D eigenvalue weighted by molar-refractivity contribution is 6.31. The van der Waals surface area contributed by atoms with Crippen LogP contribution in [0.5, 0.6) is 5.75 Å². The average molecular weight is 490 g/mol. The first-order valence-corrected chi connectivity index (χ1v) is 11.7. The van der Waals surface area contributed by atoms with E-state index in [1.807, 2.05) is 18.2 Å². The van der Waals surface area contributed by atoms with E-state index in [0.717, 1.165) is 6.42 Å². The molecule has 3 atom stereocenters. The highest BCUT2D eigenvalue weighted by Crippen LogP contribution is 2.40. The molecule has 1 amide bonds. The molecular formula is C24H29ClFN5O3. The Kier molecular flexibility index (Phi) is 6.69. The first-order chi connectivity index (χ1) is 16.1. The van der Waals surface area contributed by atoms with Crippen molar-refractivity contribution in [2.75, 3.05) is 5.73 Å². The van der Waals surface area contributed by atoms with Crippen molar-refractivity contribution >= 4 is 28.8 Å². The van der Waals surface area contributed by atoms with E-state index < -0.39 is 29.8 Å². The van der Waals surface area contributed by atoms with Gasteiger partial charge in [-0.3, -0.25) is 9.20 Å². The number of amides is 1. The van der Waals surface area contributed by atoms with Crippen LogP contribution in [0, 0.1) is 12.7 Å². The van der Waals surface area contributed by atoms with Gasteiger partial charge in [0.25, 0.3) is 5.91 Å². The van der Waals surface area contributed by atoms with E-state index in [-0.39, 0.29) is 22.4 Å². The molecule has 1 fully saturated rings. The Bertz CT molecular complexity index is 1250. The van der Waals surface area contributed by atoms with Crippen LogP contribution in [0.3, 0.4) is 0 Å². The molecular weight excluding hydrogens is 461 g/mol. The third-order valence-electron chi connectivity index (χ3n) is 6.22. The summed E-state index contributed by atoms with van der Waals surface area (Å²) >= 11 is 6.28. The predicted molar refractivity (Wildman–Crippen MR) is 128 cm³/mol. The van der Waals surface area contributed by atoms with Gasteiger partial charge in [-0.2, -0.15) is 0 Å². The van der Waals surface area contributed by atoms with E-state index in [1.165, 1.54) is 6.07 Å². The Morgan fingerprint density at radius 1 is 1.38 bits per heavy atom. The van der Waals surface area contributed by atoms with Gasteiger partial charge in [0.1, 0.15) is 28.5 Å². The molecule has 10 heteroatoms. The number of carbonyl (C=O) groups excluding carboxylic acids is 1. The summed E-state index contributed by atoms with van der Waals surface area (Å²) in [6, 6.07) is 1.02. The maximum absolute atomic E-state index is 15.3.